The van der Waals surface area contributed by atoms with Crippen molar-refractivity contribution in [3.63, 3.8) is 0 Å². The fourth-order valence-electron chi connectivity index (χ4n) is 2.51. The maximum Gasteiger partial charge on any atom is 0.303 e. The van der Waals surface area contributed by atoms with Gasteiger partial charge in [0.25, 0.3) is 0 Å². The van der Waals surface area contributed by atoms with Crippen molar-refractivity contribution in [2.45, 2.75) is 19.3 Å². The average molecular weight is 323 g/mol. The van der Waals surface area contributed by atoms with Crippen LogP contribution in [0.5, 0.6) is 0 Å². The zero-order valence-electron chi connectivity index (χ0n) is 13.0. The van der Waals surface area contributed by atoms with Crippen LogP contribution in [-0.4, -0.2) is 26.5 Å². The Morgan fingerprint density at radius 3 is 2.62 bits per heavy atom. The Balaban J connectivity index is 1.73. The number of fused-ring (bicyclic) bond motifs is 1. The molecule has 1 aromatic heterocycles. The monoisotopic (exact) mass is 323 g/mol. The molecule has 0 aliphatic heterocycles. The van der Waals surface area contributed by atoms with Crippen molar-refractivity contribution in [2.24, 2.45) is 0 Å². The summed E-state index contributed by atoms with van der Waals surface area (Å²) in [5.74, 6) is -1.09. The number of nitrogens with one attached hydrogen (secondary N) is 1. The lowest BCUT2D eigenvalue weighted by atomic mass is 10.2. The van der Waals surface area contributed by atoms with Gasteiger partial charge in [-0.3, -0.25) is 14.2 Å². The van der Waals surface area contributed by atoms with Crippen LogP contribution in [0, 0.1) is 0 Å². The number of imidazole rings is 1. The Morgan fingerprint density at radius 2 is 1.88 bits per heavy atom. The van der Waals surface area contributed by atoms with Crippen molar-refractivity contribution in [3.05, 3.63) is 54.9 Å². The summed E-state index contributed by atoms with van der Waals surface area (Å²) in [7, 11) is 0. The summed E-state index contributed by atoms with van der Waals surface area (Å²) in [4.78, 5) is 26.7. The average Bonchev–Trinajstić information content (AvgIpc) is 2.98. The number of carbonyl (C=O) groups excluding carboxylic acids is 1. The number of nitrogens with zero attached hydrogens (tertiary/aromatic N) is 2. The lowest BCUT2D eigenvalue weighted by Crippen LogP contribution is -2.11. The number of carboxylic acid groups (broad SMARTS) is 1. The van der Waals surface area contributed by atoms with Gasteiger partial charge in [0.1, 0.15) is 6.33 Å². The lowest BCUT2D eigenvalue weighted by Gasteiger charge is -2.06. The zero-order chi connectivity index (χ0) is 16.9. The second-order valence-electron chi connectivity index (χ2n) is 5.45. The van der Waals surface area contributed by atoms with Gasteiger partial charge in [-0.15, -0.1) is 0 Å². The van der Waals surface area contributed by atoms with Crippen molar-refractivity contribution in [2.75, 3.05) is 5.32 Å². The van der Waals surface area contributed by atoms with Gasteiger partial charge in [0.15, 0.2) is 0 Å². The summed E-state index contributed by atoms with van der Waals surface area (Å²) in [6.07, 6.45) is 2.25. The van der Waals surface area contributed by atoms with Gasteiger partial charge >= 0.3 is 5.97 Å². The van der Waals surface area contributed by atoms with Crippen LogP contribution in [0.1, 0.15) is 19.3 Å². The Hall–Kier alpha value is -3.15. The molecule has 24 heavy (non-hydrogen) atoms. The number of anilines is 1. The third-order valence-corrected chi connectivity index (χ3v) is 3.66. The van der Waals surface area contributed by atoms with Gasteiger partial charge in [-0.25, -0.2) is 4.98 Å². The number of aliphatic carboxylic acids is 1. The van der Waals surface area contributed by atoms with Gasteiger partial charge in [-0.1, -0.05) is 18.2 Å². The smallest absolute Gasteiger partial charge is 0.303 e. The normalized spacial score (nSPS) is 10.7. The third kappa shape index (κ3) is 3.60. The SMILES string of the molecule is O=C(O)CCCC(=O)Nc1ccc2c(c1)ncn2-c1ccccc1. The highest BCUT2D eigenvalue weighted by molar-refractivity contribution is 5.93. The van der Waals surface area contributed by atoms with E-state index in [1.54, 1.807) is 6.33 Å². The molecule has 1 amide bonds. The number of aromatic nitrogens is 2. The van der Waals surface area contributed by atoms with Crippen LogP contribution in [0.15, 0.2) is 54.9 Å². The van der Waals surface area contributed by atoms with Gasteiger partial charge in [-0.2, -0.15) is 0 Å². The molecule has 0 saturated heterocycles. The predicted molar refractivity (Wildman–Crippen MR) is 91.2 cm³/mol. The maximum absolute atomic E-state index is 11.8. The van der Waals surface area contributed by atoms with Crippen molar-refractivity contribution < 1.29 is 14.7 Å². The van der Waals surface area contributed by atoms with E-state index in [2.05, 4.69) is 10.3 Å². The Morgan fingerprint density at radius 1 is 1.08 bits per heavy atom. The van der Waals surface area contributed by atoms with Crippen LogP contribution in [0.3, 0.4) is 0 Å². The maximum atomic E-state index is 11.8. The molecule has 0 unspecified atom stereocenters. The van der Waals surface area contributed by atoms with Crippen LogP contribution in [-0.2, 0) is 9.59 Å². The Bertz CT molecular complexity index is 872. The fourth-order valence-corrected chi connectivity index (χ4v) is 2.51. The molecule has 0 atom stereocenters. The summed E-state index contributed by atoms with van der Waals surface area (Å²) in [5.41, 5.74) is 3.40. The lowest BCUT2D eigenvalue weighted by molar-refractivity contribution is -0.137. The first-order valence-electron chi connectivity index (χ1n) is 7.67. The van der Waals surface area contributed by atoms with Gasteiger partial charge in [0, 0.05) is 24.2 Å². The molecular weight excluding hydrogens is 306 g/mol. The van der Waals surface area contributed by atoms with E-state index in [1.165, 1.54) is 0 Å². The molecular formula is C18H17N3O3. The summed E-state index contributed by atoms with van der Waals surface area (Å²) in [5, 5.41) is 11.4. The van der Waals surface area contributed by atoms with Crippen molar-refractivity contribution in [1.82, 2.24) is 9.55 Å². The summed E-state index contributed by atoms with van der Waals surface area (Å²) in [6, 6.07) is 15.4. The van der Waals surface area contributed by atoms with E-state index < -0.39 is 5.97 Å². The predicted octanol–water partition coefficient (Wildman–Crippen LogP) is 3.22. The van der Waals surface area contributed by atoms with Crippen molar-refractivity contribution in [3.8, 4) is 5.69 Å². The van der Waals surface area contributed by atoms with Gasteiger partial charge in [0.05, 0.1) is 11.0 Å². The van der Waals surface area contributed by atoms with Crippen LogP contribution in [0.25, 0.3) is 16.7 Å². The van der Waals surface area contributed by atoms with Gasteiger partial charge in [-0.05, 0) is 36.8 Å². The minimum atomic E-state index is -0.893. The minimum Gasteiger partial charge on any atom is -0.481 e. The first-order chi connectivity index (χ1) is 11.6. The van der Waals surface area contributed by atoms with Crippen LogP contribution in [0.2, 0.25) is 0 Å². The van der Waals surface area contributed by atoms with Crippen LogP contribution >= 0.6 is 0 Å². The first kappa shape index (κ1) is 15.7. The summed E-state index contributed by atoms with van der Waals surface area (Å²) >= 11 is 0. The third-order valence-electron chi connectivity index (χ3n) is 3.66. The molecule has 6 nitrogen and oxygen atoms in total. The standard InChI is InChI=1S/C18H17N3O3/c22-17(7-4-8-18(23)24)20-13-9-10-16-15(11-13)19-12-21(16)14-5-2-1-3-6-14/h1-3,5-6,9-12H,4,7-8H2,(H,20,22)(H,23,24). The molecule has 0 saturated carbocycles. The van der Waals surface area contributed by atoms with E-state index in [1.807, 2.05) is 53.1 Å². The van der Waals surface area contributed by atoms with E-state index in [4.69, 9.17) is 5.11 Å². The molecule has 122 valence electrons. The number of benzene rings is 2. The summed E-state index contributed by atoms with van der Waals surface area (Å²) < 4.78 is 1.98. The number of hydrogen-bond acceptors (Lipinski definition) is 3. The van der Waals surface area contributed by atoms with E-state index in [9.17, 15) is 9.59 Å². The fraction of sp³-hybridized carbons (Fsp3) is 0.167. The highest BCUT2D eigenvalue weighted by Crippen LogP contribution is 2.21. The number of rotatable bonds is 6. The van der Waals surface area contributed by atoms with Crippen molar-refractivity contribution in [1.29, 1.82) is 0 Å². The topological polar surface area (TPSA) is 84.2 Å². The van der Waals surface area contributed by atoms with Crippen molar-refractivity contribution >= 4 is 28.6 Å². The number of para-hydroxylation sites is 1. The molecule has 3 aromatic rings. The number of hydrogen-bond donors (Lipinski definition) is 2. The molecule has 2 aromatic carbocycles. The molecule has 0 aliphatic rings. The number of carbonyl (C=O) groups is 2. The highest BCUT2D eigenvalue weighted by atomic mass is 16.4. The molecule has 3 rings (SSSR count). The number of amides is 1. The zero-order valence-corrected chi connectivity index (χ0v) is 13.0. The molecule has 0 spiro atoms. The highest BCUT2D eigenvalue weighted by Gasteiger charge is 2.08. The second-order valence-corrected chi connectivity index (χ2v) is 5.45. The Kier molecular flexibility index (Phi) is 4.56. The largest absolute Gasteiger partial charge is 0.481 e. The minimum absolute atomic E-state index is 0.00602. The molecule has 1 heterocycles. The molecule has 2 N–H and O–H groups in total. The Labute approximate surface area is 138 Å². The van der Waals surface area contributed by atoms with Crippen LogP contribution in [0.4, 0.5) is 5.69 Å². The van der Waals surface area contributed by atoms with E-state index >= 15 is 0 Å². The summed E-state index contributed by atoms with van der Waals surface area (Å²) in [6.45, 7) is 0. The van der Waals surface area contributed by atoms with E-state index in [0.29, 0.717) is 12.1 Å². The molecule has 6 heteroatoms. The first-order valence-corrected chi connectivity index (χ1v) is 7.67. The molecule has 0 radical (unpaired) electrons. The molecule has 0 fully saturated rings. The van der Waals surface area contributed by atoms with Gasteiger partial charge in [0.2, 0.25) is 5.91 Å². The second kappa shape index (κ2) is 6.95. The molecule has 0 bridgehead atoms. The van der Waals surface area contributed by atoms with Gasteiger partial charge < -0.3 is 10.4 Å². The number of carboxylic acids is 1. The van der Waals surface area contributed by atoms with E-state index in [-0.39, 0.29) is 18.7 Å². The quantitative estimate of drug-likeness (QED) is 0.729. The molecule has 0 aliphatic carbocycles. The van der Waals surface area contributed by atoms with E-state index in [0.717, 1.165) is 16.7 Å². The van der Waals surface area contributed by atoms with Crippen LogP contribution < -0.4 is 5.32 Å².